The molecule has 0 saturated carbocycles. The molecule has 0 fully saturated rings. The van der Waals surface area contributed by atoms with E-state index in [-0.39, 0.29) is 17.7 Å². The van der Waals surface area contributed by atoms with Gasteiger partial charge in [-0.3, -0.25) is 9.59 Å². The van der Waals surface area contributed by atoms with Crippen molar-refractivity contribution in [3.63, 3.8) is 0 Å². The molecule has 0 saturated heterocycles. The van der Waals surface area contributed by atoms with E-state index in [1.165, 1.54) is 14.2 Å². The van der Waals surface area contributed by atoms with Gasteiger partial charge < -0.3 is 19.7 Å². The Morgan fingerprint density at radius 1 is 1.12 bits per heavy atom. The highest BCUT2D eigenvalue weighted by Crippen LogP contribution is 2.45. The van der Waals surface area contributed by atoms with Gasteiger partial charge in [0.05, 0.1) is 36.9 Å². The minimum absolute atomic E-state index is 0.0585. The average molecular weight is 499 g/mol. The summed E-state index contributed by atoms with van der Waals surface area (Å²) >= 11 is 7.88. The fraction of sp³-hybridized carbons (Fsp3) is 0.308. The van der Waals surface area contributed by atoms with Crippen LogP contribution in [0.15, 0.2) is 53.9 Å². The van der Waals surface area contributed by atoms with Crippen molar-refractivity contribution in [3.05, 3.63) is 74.9 Å². The lowest BCUT2D eigenvalue weighted by atomic mass is 9.81. The predicted molar refractivity (Wildman–Crippen MR) is 135 cm³/mol. The van der Waals surface area contributed by atoms with E-state index in [2.05, 4.69) is 19.2 Å². The van der Waals surface area contributed by atoms with Gasteiger partial charge in [0.1, 0.15) is 11.5 Å². The summed E-state index contributed by atoms with van der Waals surface area (Å²) in [5.74, 6) is 0.201. The normalized spacial score (nSPS) is 17.5. The van der Waals surface area contributed by atoms with E-state index in [1.54, 1.807) is 29.5 Å². The summed E-state index contributed by atoms with van der Waals surface area (Å²) in [6.45, 7) is 4.67. The van der Waals surface area contributed by atoms with Crippen LogP contribution in [0.25, 0.3) is 0 Å². The zero-order chi connectivity index (χ0) is 24.4. The number of anilines is 1. The first-order valence-electron chi connectivity index (χ1n) is 11.0. The molecular weight excluding hydrogens is 472 g/mol. The molecule has 0 unspecified atom stereocenters. The summed E-state index contributed by atoms with van der Waals surface area (Å²) in [7, 11) is 3.04. The van der Waals surface area contributed by atoms with Gasteiger partial charge in [0.15, 0.2) is 0 Å². The first-order chi connectivity index (χ1) is 16.3. The van der Waals surface area contributed by atoms with Crippen molar-refractivity contribution in [2.75, 3.05) is 26.1 Å². The van der Waals surface area contributed by atoms with Crippen LogP contribution < -0.4 is 14.8 Å². The minimum atomic E-state index is -0.614. The molecule has 1 aromatic heterocycles. The van der Waals surface area contributed by atoms with E-state index in [4.69, 9.17) is 21.1 Å². The second-order valence-electron chi connectivity index (χ2n) is 8.55. The predicted octanol–water partition coefficient (Wildman–Crippen LogP) is 5.99. The van der Waals surface area contributed by atoms with Crippen LogP contribution in [0.2, 0.25) is 5.02 Å². The number of halogens is 1. The number of ether oxygens (including phenoxy) is 2. The van der Waals surface area contributed by atoms with Crippen LogP contribution in [-0.4, -0.2) is 37.5 Å². The molecule has 1 aliphatic rings. The molecule has 1 N–H and O–H groups in total. The Balaban J connectivity index is 1.82. The van der Waals surface area contributed by atoms with Crippen LogP contribution in [0.4, 0.5) is 5.69 Å². The van der Waals surface area contributed by atoms with Gasteiger partial charge in [0.25, 0.3) is 5.91 Å². The number of hydrogen-bond donors (Lipinski definition) is 1. The van der Waals surface area contributed by atoms with E-state index in [0.717, 1.165) is 4.88 Å². The smallest absolute Gasteiger partial charge is 0.254 e. The molecular formula is C26H27ClN2O4S. The lowest BCUT2D eigenvalue weighted by molar-refractivity contribution is -0.119. The monoisotopic (exact) mass is 498 g/mol. The second-order valence-corrected chi connectivity index (χ2v) is 9.94. The molecule has 0 aliphatic carbocycles. The highest BCUT2D eigenvalue weighted by molar-refractivity contribution is 7.10. The van der Waals surface area contributed by atoms with Crippen molar-refractivity contribution in [1.82, 2.24) is 4.90 Å². The molecule has 34 heavy (non-hydrogen) atoms. The lowest BCUT2D eigenvalue weighted by Crippen LogP contribution is -2.47. The van der Waals surface area contributed by atoms with Crippen LogP contribution in [0.1, 0.15) is 46.6 Å². The van der Waals surface area contributed by atoms with E-state index in [1.807, 2.05) is 40.6 Å². The quantitative estimate of drug-likeness (QED) is 0.434. The molecule has 0 bridgehead atoms. The Labute approximate surface area is 208 Å². The number of carbonyl (C=O) groups is 2. The standard InChI is InChI=1S/C26H27ClN2O4S/c1-15(2)14-29-24(22-10-7-11-34-22)23(16-8-5-6-9-17(16)26(29)31)25(30)28-19-12-18(27)20(32-3)13-21(19)33-4/h5-13,15,23-24H,14H2,1-4H3,(H,28,30)/t23-,24+/m1/s1. The van der Waals surface area contributed by atoms with Gasteiger partial charge in [-0.25, -0.2) is 0 Å². The summed E-state index contributed by atoms with van der Waals surface area (Å²) in [5, 5.41) is 5.33. The number of nitrogens with zero attached hydrogens (tertiary/aromatic N) is 1. The third-order valence-corrected chi connectivity index (χ3v) is 7.09. The van der Waals surface area contributed by atoms with Gasteiger partial charge in [-0.05, 0) is 35.1 Å². The summed E-state index contributed by atoms with van der Waals surface area (Å²) in [6, 6.07) is 14.1. The fourth-order valence-corrected chi connectivity index (χ4v) is 5.53. The summed E-state index contributed by atoms with van der Waals surface area (Å²) < 4.78 is 10.7. The Morgan fingerprint density at radius 2 is 1.85 bits per heavy atom. The number of nitrogens with one attached hydrogen (secondary N) is 1. The zero-order valence-electron chi connectivity index (χ0n) is 19.5. The molecule has 3 aromatic rings. The molecule has 0 spiro atoms. The van der Waals surface area contributed by atoms with Gasteiger partial charge in [0, 0.05) is 23.1 Å². The van der Waals surface area contributed by atoms with Crippen LogP contribution in [0.3, 0.4) is 0 Å². The second kappa shape index (κ2) is 10.1. The molecule has 2 aromatic carbocycles. The fourth-order valence-electron chi connectivity index (χ4n) is 4.41. The average Bonchev–Trinajstić information content (AvgIpc) is 3.35. The molecule has 178 valence electrons. The van der Waals surface area contributed by atoms with Crippen LogP contribution in [-0.2, 0) is 4.79 Å². The number of fused-ring (bicyclic) bond motifs is 1. The largest absolute Gasteiger partial charge is 0.495 e. The first-order valence-corrected chi connectivity index (χ1v) is 12.3. The number of thiophene rings is 1. The van der Waals surface area contributed by atoms with Gasteiger partial charge in [0.2, 0.25) is 5.91 Å². The number of hydrogen-bond acceptors (Lipinski definition) is 5. The summed E-state index contributed by atoms with van der Waals surface area (Å²) in [4.78, 5) is 30.3. The Hall–Kier alpha value is -3.03. The van der Waals surface area contributed by atoms with Crippen LogP contribution >= 0.6 is 22.9 Å². The zero-order valence-corrected chi connectivity index (χ0v) is 21.1. The molecule has 6 nitrogen and oxygen atoms in total. The molecule has 8 heteroatoms. The number of benzene rings is 2. The van der Waals surface area contributed by atoms with Crippen molar-refractivity contribution in [2.24, 2.45) is 5.92 Å². The first kappa shape index (κ1) is 24.1. The van der Waals surface area contributed by atoms with Crippen LogP contribution in [0, 0.1) is 5.92 Å². The maximum absolute atomic E-state index is 13.9. The third kappa shape index (κ3) is 4.50. The maximum atomic E-state index is 13.9. The molecule has 0 radical (unpaired) electrons. The van der Waals surface area contributed by atoms with Gasteiger partial charge in [-0.1, -0.05) is 49.7 Å². The summed E-state index contributed by atoms with van der Waals surface area (Å²) in [5.41, 5.74) is 1.70. The topological polar surface area (TPSA) is 67.9 Å². The van der Waals surface area contributed by atoms with Gasteiger partial charge in [-0.15, -0.1) is 11.3 Å². The molecule has 1 aliphatic heterocycles. The maximum Gasteiger partial charge on any atom is 0.254 e. The van der Waals surface area contributed by atoms with E-state index < -0.39 is 12.0 Å². The highest BCUT2D eigenvalue weighted by Gasteiger charge is 2.44. The van der Waals surface area contributed by atoms with Crippen molar-refractivity contribution >= 4 is 40.4 Å². The van der Waals surface area contributed by atoms with Crippen molar-refractivity contribution in [1.29, 1.82) is 0 Å². The Morgan fingerprint density at radius 3 is 2.50 bits per heavy atom. The van der Waals surface area contributed by atoms with Crippen molar-refractivity contribution in [2.45, 2.75) is 25.8 Å². The number of amides is 2. The minimum Gasteiger partial charge on any atom is -0.495 e. The molecule has 2 amide bonds. The van der Waals surface area contributed by atoms with Gasteiger partial charge in [-0.2, -0.15) is 0 Å². The Bertz CT molecular complexity index is 1200. The number of carbonyl (C=O) groups excluding carboxylic acids is 2. The molecule has 2 heterocycles. The van der Waals surface area contributed by atoms with Crippen molar-refractivity contribution < 1.29 is 19.1 Å². The van der Waals surface area contributed by atoms with E-state index in [9.17, 15) is 9.59 Å². The highest BCUT2D eigenvalue weighted by atomic mass is 35.5. The molecule has 4 rings (SSSR count). The van der Waals surface area contributed by atoms with Crippen LogP contribution in [0.5, 0.6) is 11.5 Å². The molecule has 2 atom stereocenters. The number of rotatable bonds is 7. The van der Waals surface area contributed by atoms with Crippen molar-refractivity contribution in [3.8, 4) is 11.5 Å². The Kier molecular flexibility index (Phi) is 7.14. The lowest BCUT2D eigenvalue weighted by Gasteiger charge is -2.42. The number of methoxy groups -OCH3 is 2. The third-order valence-electron chi connectivity index (χ3n) is 5.85. The summed E-state index contributed by atoms with van der Waals surface area (Å²) in [6.07, 6.45) is 0. The van der Waals surface area contributed by atoms with E-state index in [0.29, 0.717) is 39.9 Å². The SMILES string of the molecule is COc1cc(OC)c(NC(=O)[C@@H]2c3ccccc3C(=O)N(CC(C)C)[C@H]2c2cccs2)cc1Cl. The van der Waals surface area contributed by atoms with E-state index >= 15 is 0 Å². The van der Waals surface area contributed by atoms with Gasteiger partial charge >= 0.3 is 0 Å².